The summed E-state index contributed by atoms with van der Waals surface area (Å²) in [5, 5.41) is 7.00. The summed E-state index contributed by atoms with van der Waals surface area (Å²) in [5.74, 6) is -5.03. The first kappa shape index (κ1) is 21.0. The van der Waals surface area contributed by atoms with Gasteiger partial charge in [-0.1, -0.05) is 13.8 Å². The Bertz CT molecular complexity index is 556. The number of aliphatic hydroxyl groups is 1. The predicted molar refractivity (Wildman–Crippen MR) is 78.4 cm³/mol. The summed E-state index contributed by atoms with van der Waals surface area (Å²) >= 11 is 0. The van der Waals surface area contributed by atoms with E-state index < -0.39 is 41.9 Å². The van der Waals surface area contributed by atoms with Crippen molar-refractivity contribution >= 4 is 17.3 Å². The van der Waals surface area contributed by atoms with E-state index in [1.165, 1.54) is 13.0 Å². The summed E-state index contributed by atoms with van der Waals surface area (Å²) in [5.41, 5.74) is 0.0388. The van der Waals surface area contributed by atoms with Crippen molar-refractivity contribution in [2.75, 3.05) is 7.11 Å². The Morgan fingerprint density at radius 1 is 1.13 bits per heavy atom. The van der Waals surface area contributed by atoms with Crippen LogP contribution in [-0.2, 0) is 4.79 Å². The number of carbonyl (C=O) groups excluding carboxylic acids is 3. The lowest BCUT2D eigenvalue weighted by atomic mass is 9.97. The SMILES string of the molecule is CC.CO.Cc1cc2c(cc1F)C(=O)C(CC(=O)C(F)F)C2=O. The van der Waals surface area contributed by atoms with E-state index in [0.717, 1.165) is 13.2 Å². The quantitative estimate of drug-likeness (QED) is 0.864. The number of benzene rings is 1. The van der Waals surface area contributed by atoms with Crippen LogP contribution in [0.1, 0.15) is 46.5 Å². The van der Waals surface area contributed by atoms with E-state index in [4.69, 9.17) is 5.11 Å². The molecule has 1 aromatic rings. The molecular formula is C16H19F3O4. The van der Waals surface area contributed by atoms with Gasteiger partial charge in [-0.25, -0.2) is 13.2 Å². The van der Waals surface area contributed by atoms with Crippen LogP contribution >= 0.6 is 0 Å². The molecule has 2 rings (SSSR count). The maximum absolute atomic E-state index is 13.3. The number of halogens is 3. The molecule has 0 aromatic heterocycles. The van der Waals surface area contributed by atoms with Crippen molar-refractivity contribution < 1.29 is 32.7 Å². The second kappa shape index (κ2) is 9.19. The van der Waals surface area contributed by atoms with Crippen molar-refractivity contribution in [2.24, 2.45) is 5.92 Å². The molecule has 0 spiro atoms. The van der Waals surface area contributed by atoms with Gasteiger partial charge in [0.1, 0.15) is 5.82 Å². The molecule has 0 radical (unpaired) electrons. The average Bonchev–Trinajstić information content (AvgIpc) is 2.76. The van der Waals surface area contributed by atoms with Crippen LogP contribution in [0.15, 0.2) is 12.1 Å². The number of rotatable bonds is 3. The molecule has 0 saturated carbocycles. The van der Waals surface area contributed by atoms with Crippen molar-refractivity contribution in [1.29, 1.82) is 0 Å². The highest BCUT2D eigenvalue weighted by atomic mass is 19.3. The maximum atomic E-state index is 13.3. The van der Waals surface area contributed by atoms with Gasteiger partial charge in [-0.15, -0.1) is 0 Å². The van der Waals surface area contributed by atoms with Crippen molar-refractivity contribution in [3.05, 3.63) is 34.6 Å². The fourth-order valence-electron chi connectivity index (χ4n) is 2.06. The topological polar surface area (TPSA) is 71.4 Å². The zero-order valence-electron chi connectivity index (χ0n) is 13.3. The Morgan fingerprint density at radius 2 is 1.57 bits per heavy atom. The van der Waals surface area contributed by atoms with Gasteiger partial charge in [0.25, 0.3) is 6.43 Å². The maximum Gasteiger partial charge on any atom is 0.296 e. The summed E-state index contributed by atoms with van der Waals surface area (Å²) < 4.78 is 37.7. The molecule has 1 unspecified atom stereocenters. The molecule has 0 aliphatic heterocycles. The number of hydrogen-bond donors (Lipinski definition) is 1. The van der Waals surface area contributed by atoms with Crippen LogP contribution in [-0.4, -0.2) is 36.0 Å². The number of Topliss-reactive ketones (excluding diaryl/α,β-unsaturated/α-hetero) is 3. The minimum atomic E-state index is -3.22. The lowest BCUT2D eigenvalue weighted by Gasteiger charge is -2.04. The summed E-state index contributed by atoms with van der Waals surface area (Å²) in [6.45, 7) is 5.42. The van der Waals surface area contributed by atoms with Gasteiger partial charge < -0.3 is 5.11 Å². The van der Waals surface area contributed by atoms with E-state index in [0.29, 0.717) is 0 Å². The van der Waals surface area contributed by atoms with E-state index in [1.54, 1.807) is 0 Å². The highest BCUT2D eigenvalue weighted by molar-refractivity contribution is 6.27. The van der Waals surface area contributed by atoms with Gasteiger partial charge >= 0.3 is 0 Å². The molecule has 1 aliphatic rings. The van der Waals surface area contributed by atoms with Gasteiger partial charge in [0, 0.05) is 24.7 Å². The molecule has 1 aliphatic carbocycles. The van der Waals surface area contributed by atoms with Crippen LogP contribution < -0.4 is 0 Å². The Labute approximate surface area is 132 Å². The first-order valence-electron chi connectivity index (χ1n) is 6.97. The number of carbonyl (C=O) groups is 3. The van der Waals surface area contributed by atoms with Crippen LogP contribution in [0.4, 0.5) is 13.2 Å². The van der Waals surface area contributed by atoms with Crippen LogP contribution in [0.3, 0.4) is 0 Å². The number of fused-ring (bicyclic) bond motifs is 1. The highest BCUT2D eigenvalue weighted by Gasteiger charge is 2.41. The Morgan fingerprint density at radius 3 is 2.00 bits per heavy atom. The highest BCUT2D eigenvalue weighted by Crippen LogP contribution is 2.31. The normalized spacial score (nSPS) is 15.4. The fourth-order valence-corrected chi connectivity index (χ4v) is 2.06. The molecule has 1 aromatic carbocycles. The molecule has 0 saturated heterocycles. The first-order valence-corrected chi connectivity index (χ1v) is 6.97. The van der Waals surface area contributed by atoms with Crippen LogP contribution in [0.2, 0.25) is 0 Å². The second-order valence-electron chi connectivity index (χ2n) is 4.40. The largest absolute Gasteiger partial charge is 0.400 e. The second-order valence-corrected chi connectivity index (χ2v) is 4.40. The molecular weight excluding hydrogens is 313 g/mol. The summed E-state index contributed by atoms with van der Waals surface area (Å²) in [6, 6.07) is 2.12. The van der Waals surface area contributed by atoms with Gasteiger partial charge in [-0.3, -0.25) is 14.4 Å². The van der Waals surface area contributed by atoms with Crippen LogP contribution in [0.5, 0.6) is 0 Å². The molecule has 0 amide bonds. The molecule has 4 nitrogen and oxygen atoms in total. The Balaban J connectivity index is 0.00000112. The number of aryl methyl sites for hydroxylation is 1. The summed E-state index contributed by atoms with van der Waals surface area (Å²) in [4.78, 5) is 34.7. The minimum Gasteiger partial charge on any atom is -0.400 e. The monoisotopic (exact) mass is 332 g/mol. The number of aliphatic hydroxyl groups excluding tert-OH is 1. The molecule has 1 atom stereocenters. The third-order valence-corrected chi connectivity index (χ3v) is 3.11. The number of hydrogen-bond acceptors (Lipinski definition) is 4. The van der Waals surface area contributed by atoms with E-state index >= 15 is 0 Å². The molecule has 0 fully saturated rings. The zero-order valence-corrected chi connectivity index (χ0v) is 13.3. The van der Waals surface area contributed by atoms with Crippen molar-refractivity contribution in [2.45, 2.75) is 33.6 Å². The lowest BCUT2D eigenvalue weighted by Crippen LogP contribution is -2.22. The zero-order chi connectivity index (χ0) is 18.3. The average molecular weight is 332 g/mol. The molecule has 0 heterocycles. The molecule has 128 valence electrons. The van der Waals surface area contributed by atoms with E-state index in [2.05, 4.69) is 0 Å². The lowest BCUT2D eigenvalue weighted by molar-refractivity contribution is -0.129. The number of ketones is 3. The van der Waals surface area contributed by atoms with Crippen molar-refractivity contribution in [3.63, 3.8) is 0 Å². The van der Waals surface area contributed by atoms with E-state index in [-0.39, 0.29) is 16.7 Å². The predicted octanol–water partition coefficient (Wildman–Crippen LogP) is 2.99. The molecule has 23 heavy (non-hydrogen) atoms. The Hall–Kier alpha value is -2.02. The van der Waals surface area contributed by atoms with E-state index in [9.17, 15) is 27.6 Å². The number of alkyl halides is 2. The standard InChI is InChI=1S/C13H9F3O3.C2H6.CH4O/c1-5-2-6-7(3-9(5)14)12(19)8(11(6)18)4-10(17)13(15)16;2*1-2/h2-3,8,13H,4H2,1H3;1-2H3;2H,1H3. The van der Waals surface area contributed by atoms with Gasteiger partial charge in [0.2, 0.25) is 0 Å². The Kier molecular flexibility index (Phi) is 8.39. The van der Waals surface area contributed by atoms with Gasteiger partial charge in [0.15, 0.2) is 17.3 Å². The van der Waals surface area contributed by atoms with Crippen LogP contribution in [0, 0.1) is 18.7 Å². The van der Waals surface area contributed by atoms with Gasteiger partial charge in [0.05, 0.1) is 5.92 Å². The first-order chi connectivity index (χ1) is 10.8. The fraction of sp³-hybridized carbons (Fsp3) is 0.438. The smallest absolute Gasteiger partial charge is 0.296 e. The van der Waals surface area contributed by atoms with Crippen molar-refractivity contribution in [3.8, 4) is 0 Å². The third-order valence-electron chi connectivity index (χ3n) is 3.11. The summed E-state index contributed by atoms with van der Waals surface area (Å²) in [6.07, 6.45) is -4.06. The summed E-state index contributed by atoms with van der Waals surface area (Å²) in [7, 11) is 1.00. The van der Waals surface area contributed by atoms with Gasteiger partial charge in [-0.2, -0.15) is 0 Å². The van der Waals surface area contributed by atoms with Crippen LogP contribution in [0.25, 0.3) is 0 Å². The van der Waals surface area contributed by atoms with Gasteiger partial charge in [-0.05, 0) is 24.6 Å². The van der Waals surface area contributed by atoms with Crippen molar-refractivity contribution in [1.82, 2.24) is 0 Å². The molecule has 0 bridgehead atoms. The molecule has 7 heteroatoms. The molecule has 1 N–H and O–H groups in total. The van der Waals surface area contributed by atoms with E-state index in [1.807, 2.05) is 13.8 Å². The minimum absolute atomic E-state index is 0.00373. The third kappa shape index (κ3) is 4.48.